The molecule has 0 spiro atoms. The van der Waals surface area contributed by atoms with E-state index in [9.17, 15) is 9.59 Å². The minimum Gasteiger partial charge on any atom is -0.480 e. The lowest BCUT2D eigenvalue weighted by Gasteiger charge is -2.00. The molecule has 0 saturated heterocycles. The van der Waals surface area contributed by atoms with Crippen LogP contribution in [-0.4, -0.2) is 46.7 Å². The molecule has 1 aromatic rings. The fraction of sp³-hybridized carbons (Fsp3) is 0.286. The minimum atomic E-state index is -0.979. The quantitative estimate of drug-likeness (QED) is 0.768. The van der Waals surface area contributed by atoms with E-state index < -0.39 is 24.0 Å². The Morgan fingerprint density at radius 1 is 0.900 bits per heavy atom. The van der Waals surface area contributed by atoms with E-state index in [1.165, 1.54) is 26.3 Å². The lowest BCUT2D eigenvalue weighted by atomic mass is 10.1. The molecule has 2 unspecified atom stereocenters. The van der Waals surface area contributed by atoms with Gasteiger partial charge in [0.15, 0.2) is 0 Å². The van der Waals surface area contributed by atoms with Gasteiger partial charge in [-0.2, -0.15) is 0 Å². The molecule has 6 heteroatoms. The molecule has 1 rings (SSSR count). The van der Waals surface area contributed by atoms with Crippen LogP contribution in [0.3, 0.4) is 0 Å². The number of carboxylic acids is 2. The summed E-state index contributed by atoms with van der Waals surface area (Å²) < 4.78 is 0. The first kappa shape index (κ1) is 15.6. The van der Waals surface area contributed by atoms with Gasteiger partial charge in [-0.1, -0.05) is 24.3 Å². The second-order valence-corrected chi connectivity index (χ2v) is 4.25. The Morgan fingerprint density at radius 2 is 1.20 bits per heavy atom. The van der Waals surface area contributed by atoms with E-state index in [1.54, 1.807) is 24.3 Å². The maximum atomic E-state index is 10.6. The van der Waals surface area contributed by atoms with Crippen molar-refractivity contribution in [1.82, 2.24) is 0 Å². The lowest BCUT2D eigenvalue weighted by molar-refractivity contribution is -0.138. The van der Waals surface area contributed by atoms with Gasteiger partial charge in [0.05, 0.1) is 0 Å². The Morgan fingerprint density at radius 3 is 1.45 bits per heavy atom. The molecule has 6 nitrogen and oxygen atoms in total. The highest BCUT2D eigenvalue weighted by Crippen LogP contribution is 2.02. The molecule has 1 aromatic carbocycles. The van der Waals surface area contributed by atoms with Gasteiger partial charge in [0.25, 0.3) is 0 Å². The van der Waals surface area contributed by atoms with E-state index in [-0.39, 0.29) is 0 Å². The van der Waals surface area contributed by atoms with E-state index in [4.69, 9.17) is 10.2 Å². The summed E-state index contributed by atoms with van der Waals surface area (Å²) in [5.41, 5.74) is 1.53. The summed E-state index contributed by atoms with van der Waals surface area (Å²) in [6.07, 6.45) is 2.97. The maximum Gasteiger partial charge on any atom is 0.328 e. The number of nitrogens with zero attached hydrogens (tertiary/aromatic N) is 2. The number of aliphatic imine (C=N–C) groups is 2. The average molecular weight is 276 g/mol. The van der Waals surface area contributed by atoms with Gasteiger partial charge in [0.2, 0.25) is 0 Å². The van der Waals surface area contributed by atoms with Crippen molar-refractivity contribution in [3.8, 4) is 0 Å². The van der Waals surface area contributed by atoms with Crippen LogP contribution in [0.25, 0.3) is 0 Å². The second-order valence-electron chi connectivity index (χ2n) is 4.25. The fourth-order valence-corrected chi connectivity index (χ4v) is 1.19. The number of carbonyl (C=O) groups is 2. The normalized spacial score (nSPS) is 14.5. The number of hydrogen-bond acceptors (Lipinski definition) is 4. The third kappa shape index (κ3) is 5.01. The number of hydrogen-bond donors (Lipinski definition) is 2. The van der Waals surface area contributed by atoms with Crippen LogP contribution < -0.4 is 0 Å². The van der Waals surface area contributed by atoms with Gasteiger partial charge in [0, 0.05) is 12.4 Å². The lowest BCUT2D eigenvalue weighted by Crippen LogP contribution is -2.13. The van der Waals surface area contributed by atoms with E-state index >= 15 is 0 Å². The Bertz CT molecular complexity index is 486. The van der Waals surface area contributed by atoms with Crippen LogP contribution in [0.2, 0.25) is 0 Å². The SMILES string of the molecule is CC(N=Cc1ccc(C=NC(C)C(=O)O)cc1)C(=O)O. The molecule has 0 aliphatic heterocycles. The number of benzene rings is 1. The van der Waals surface area contributed by atoms with Crippen LogP contribution in [0.1, 0.15) is 25.0 Å². The van der Waals surface area contributed by atoms with Crippen molar-refractivity contribution in [2.45, 2.75) is 25.9 Å². The van der Waals surface area contributed by atoms with E-state index in [0.717, 1.165) is 11.1 Å². The predicted octanol–water partition coefficient (Wildman–Crippen LogP) is 1.47. The van der Waals surface area contributed by atoms with Crippen molar-refractivity contribution < 1.29 is 19.8 Å². The summed E-state index contributed by atoms with van der Waals surface area (Å²) >= 11 is 0. The van der Waals surface area contributed by atoms with E-state index in [0.29, 0.717) is 0 Å². The van der Waals surface area contributed by atoms with Gasteiger partial charge in [0.1, 0.15) is 12.1 Å². The van der Waals surface area contributed by atoms with Gasteiger partial charge in [-0.05, 0) is 25.0 Å². The zero-order valence-electron chi connectivity index (χ0n) is 11.2. The zero-order valence-corrected chi connectivity index (χ0v) is 11.2. The largest absolute Gasteiger partial charge is 0.480 e. The summed E-state index contributed by atoms with van der Waals surface area (Å²) in [5.74, 6) is -1.96. The third-order valence-electron chi connectivity index (χ3n) is 2.55. The first-order valence-electron chi connectivity index (χ1n) is 6.02. The smallest absolute Gasteiger partial charge is 0.328 e. The summed E-state index contributed by atoms with van der Waals surface area (Å²) in [6.45, 7) is 2.99. The summed E-state index contributed by atoms with van der Waals surface area (Å²) in [5, 5.41) is 17.4. The molecule has 0 amide bonds. The zero-order chi connectivity index (χ0) is 15.1. The molecular weight excluding hydrogens is 260 g/mol. The molecule has 0 aliphatic carbocycles. The summed E-state index contributed by atoms with van der Waals surface area (Å²) in [4.78, 5) is 29.0. The van der Waals surface area contributed by atoms with Crippen molar-refractivity contribution in [2.24, 2.45) is 9.98 Å². The maximum absolute atomic E-state index is 10.6. The highest BCUT2D eigenvalue weighted by molar-refractivity contribution is 5.86. The number of aliphatic carboxylic acids is 2. The van der Waals surface area contributed by atoms with Gasteiger partial charge in [-0.25, -0.2) is 9.59 Å². The predicted molar refractivity (Wildman–Crippen MR) is 75.8 cm³/mol. The van der Waals surface area contributed by atoms with Crippen molar-refractivity contribution in [1.29, 1.82) is 0 Å². The van der Waals surface area contributed by atoms with Crippen LogP contribution in [0.5, 0.6) is 0 Å². The van der Waals surface area contributed by atoms with E-state index in [1.807, 2.05) is 0 Å². The summed E-state index contributed by atoms with van der Waals surface area (Å²) in [6, 6.07) is 5.45. The van der Waals surface area contributed by atoms with Crippen LogP contribution in [0.4, 0.5) is 0 Å². The van der Waals surface area contributed by atoms with Crippen molar-refractivity contribution in [3.05, 3.63) is 35.4 Å². The Hall–Kier alpha value is -2.50. The van der Waals surface area contributed by atoms with E-state index in [2.05, 4.69) is 9.98 Å². The van der Waals surface area contributed by atoms with Gasteiger partial charge >= 0.3 is 11.9 Å². The molecule has 20 heavy (non-hydrogen) atoms. The van der Waals surface area contributed by atoms with Crippen LogP contribution >= 0.6 is 0 Å². The Balaban J connectivity index is 2.70. The van der Waals surface area contributed by atoms with Gasteiger partial charge in [-0.3, -0.25) is 9.98 Å². The van der Waals surface area contributed by atoms with Gasteiger partial charge < -0.3 is 10.2 Å². The standard InChI is InChI=1S/C14H16N2O4/c1-9(13(17)18)15-7-11-3-5-12(6-4-11)8-16-10(2)14(19)20/h3-10H,1-2H3,(H,17,18)(H,19,20). The number of carboxylic acid groups (broad SMARTS) is 2. The van der Waals surface area contributed by atoms with Crippen LogP contribution in [-0.2, 0) is 9.59 Å². The molecule has 0 radical (unpaired) electrons. The van der Waals surface area contributed by atoms with Crippen LogP contribution in [0.15, 0.2) is 34.3 Å². The van der Waals surface area contributed by atoms with Crippen molar-refractivity contribution in [3.63, 3.8) is 0 Å². The highest BCUT2D eigenvalue weighted by atomic mass is 16.4. The number of rotatable bonds is 6. The Kier molecular flexibility index (Phi) is 5.58. The molecule has 0 aliphatic rings. The monoisotopic (exact) mass is 276 g/mol. The molecule has 0 aromatic heterocycles. The molecule has 0 fully saturated rings. The highest BCUT2D eigenvalue weighted by Gasteiger charge is 2.07. The van der Waals surface area contributed by atoms with Crippen LogP contribution in [0, 0.1) is 0 Å². The molecular formula is C14H16N2O4. The molecule has 106 valence electrons. The van der Waals surface area contributed by atoms with Crippen molar-refractivity contribution in [2.75, 3.05) is 0 Å². The first-order valence-corrected chi connectivity index (χ1v) is 6.02. The topological polar surface area (TPSA) is 99.3 Å². The summed E-state index contributed by atoms with van der Waals surface area (Å²) in [7, 11) is 0. The second kappa shape index (κ2) is 7.18. The average Bonchev–Trinajstić information content (AvgIpc) is 2.42. The Labute approximate surface area is 116 Å². The molecule has 2 atom stereocenters. The molecule has 2 N–H and O–H groups in total. The molecule has 0 heterocycles. The fourth-order valence-electron chi connectivity index (χ4n) is 1.19. The minimum absolute atomic E-state index is 0.765. The van der Waals surface area contributed by atoms with Gasteiger partial charge in [-0.15, -0.1) is 0 Å². The third-order valence-corrected chi connectivity index (χ3v) is 2.55. The molecule has 0 bridgehead atoms. The first-order chi connectivity index (χ1) is 9.40. The molecule has 0 saturated carbocycles. The van der Waals surface area contributed by atoms with Crippen molar-refractivity contribution >= 4 is 24.4 Å².